The average molecular weight is 266 g/mol. The predicted octanol–water partition coefficient (Wildman–Crippen LogP) is 4.38. The van der Waals surface area contributed by atoms with Gasteiger partial charge < -0.3 is 5.32 Å². The van der Waals surface area contributed by atoms with Crippen LogP contribution in [0, 0.1) is 19.3 Å². The van der Waals surface area contributed by atoms with Crippen molar-refractivity contribution in [3.63, 3.8) is 0 Å². The molecular formula is C15H26N2S. The Kier molecular flexibility index (Phi) is 4.12. The van der Waals surface area contributed by atoms with Crippen LogP contribution in [0.2, 0.25) is 0 Å². The first-order chi connectivity index (χ1) is 8.37. The Morgan fingerprint density at radius 1 is 1.28 bits per heavy atom. The third-order valence-electron chi connectivity index (χ3n) is 4.17. The summed E-state index contributed by atoms with van der Waals surface area (Å²) >= 11 is 1.81. The van der Waals surface area contributed by atoms with E-state index < -0.39 is 0 Å². The second-order valence-corrected chi connectivity index (χ2v) is 7.91. The first-order valence-electron chi connectivity index (χ1n) is 7.07. The molecule has 1 atom stereocenters. The van der Waals surface area contributed by atoms with E-state index in [0.29, 0.717) is 17.5 Å². The maximum absolute atomic E-state index is 4.66. The van der Waals surface area contributed by atoms with Crippen molar-refractivity contribution in [3.8, 4) is 0 Å². The Hall–Kier alpha value is -0.410. The van der Waals surface area contributed by atoms with Crippen LogP contribution in [0.15, 0.2) is 0 Å². The summed E-state index contributed by atoms with van der Waals surface area (Å²) in [5.41, 5.74) is 1.80. The van der Waals surface area contributed by atoms with Gasteiger partial charge >= 0.3 is 0 Å². The topological polar surface area (TPSA) is 24.9 Å². The van der Waals surface area contributed by atoms with E-state index in [0.717, 1.165) is 0 Å². The molecule has 1 heterocycles. The van der Waals surface area contributed by atoms with Gasteiger partial charge in [-0.05, 0) is 51.9 Å². The van der Waals surface area contributed by atoms with Gasteiger partial charge in [0.1, 0.15) is 0 Å². The fraction of sp³-hybridized carbons (Fsp3) is 0.800. The standard InChI is InChI=1S/C15H26N2S/c1-10(14-11(2)18-12(3)17-14)16-13-6-8-15(4,5)9-7-13/h10,13,16H,6-9H2,1-5H3. The minimum absolute atomic E-state index is 0.390. The van der Waals surface area contributed by atoms with Crippen LogP contribution >= 0.6 is 11.3 Å². The van der Waals surface area contributed by atoms with Gasteiger partial charge in [0.25, 0.3) is 0 Å². The molecule has 2 rings (SSSR count). The highest BCUT2D eigenvalue weighted by atomic mass is 32.1. The molecule has 1 N–H and O–H groups in total. The number of rotatable bonds is 3. The van der Waals surface area contributed by atoms with Crippen molar-refractivity contribution in [3.05, 3.63) is 15.6 Å². The van der Waals surface area contributed by atoms with Gasteiger partial charge in [-0.3, -0.25) is 0 Å². The normalized spacial score (nSPS) is 22.1. The molecule has 1 aliphatic carbocycles. The molecule has 0 radical (unpaired) electrons. The molecule has 0 saturated heterocycles. The lowest BCUT2D eigenvalue weighted by Crippen LogP contribution is -2.37. The fourth-order valence-electron chi connectivity index (χ4n) is 2.95. The summed E-state index contributed by atoms with van der Waals surface area (Å²) in [5.74, 6) is 0. The highest BCUT2D eigenvalue weighted by Gasteiger charge is 2.28. The maximum Gasteiger partial charge on any atom is 0.0900 e. The van der Waals surface area contributed by atoms with E-state index in [1.54, 1.807) is 0 Å². The molecule has 1 aromatic rings. The molecule has 2 nitrogen and oxygen atoms in total. The van der Waals surface area contributed by atoms with Gasteiger partial charge in [0.05, 0.1) is 10.7 Å². The van der Waals surface area contributed by atoms with E-state index in [-0.39, 0.29) is 0 Å². The molecule has 0 amide bonds. The Morgan fingerprint density at radius 2 is 1.89 bits per heavy atom. The predicted molar refractivity (Wildman–Crippen MR) is 79.2 cm³/mol. The van der Waals surface area contributed by atoms with Crippen LogP contribution in [-0.2, 0) is 0 Å². The van der Waals surface area contributed by atoms with Gasteiger partial charge in [0.15, 0.2) is 0 Å². The molecule has 102 valence electrons. The van der Waals surface area contributed by atoms with Gasteiger partial charge in [-0.15, -0.1) is 11.3 Å². The second-order valence-electron chi connectivity index (χ2n) is 6.50. The van der Waals surface area contributed by atoms with Crippen molar-refractivity contribution in [2.24, 2.45) is 5.41 Å². The second kappa shape index (κ2) is 5.30. The summed E-state index contributed by atoms with van der Waals surface area (Å²) in [6, 6.07) is 1.07. The summed E-state index contributed by atoms with van der Waals surface area (Å²) in [6.07, 6.45) is 5.29. The average Bonchev–Trinajstić information content (AvgIpc) is 2.61. The van der Waals surface area contributed by atoms with E-state index in [1.807, 2.05) is 11.3 Å². The van der Waals surface area contributed by atoms with Crippen LogP contribution in [0.5, 0.6) is 0 Å². The number of thiazole rings is 1. The quantitative estimate of drug-likeness (QED) is 0.878. The number of aromatic nitrogens is 1. The largest absolute Gasteiger partial charge is 0.306 e. The Balaban J connectivity index is 1.92. The lowest BCUT2D eigenvalue weighted by molar-refractivity contribution is 0.199. The Morgan fingerprint density at radius 3 is 2.39 bits per heavy atom. The SMILES string of the molecule is Cc1nc(C(C)NC2CCC(C)(C)CC2)c(C)s1. The molecule has 1 fully saturated rings. The van der Waals surface area contributed by atoms with E-state index in [9.17, 15) is 0 Å². The minimum atomic E-state index is 0.390. The molecule has 1 aromatic heterocycles. The number of nitrogens with zero attached hydrogens (tertiary/aromatic N) is 1. The van der Waals surface area contributed by atoms with E-state index in [2.05, 4.69) is 44.9 Å². The molecule has 0 aliphatic heterocycles. The third-order valence-corrected chi connectivity index (χ3v) is 5.08. The van der Waals surface area contributed by atoms with Gasteiger partial charge in [0.2, 0.25) is 0 Å². The monoisotopic (exact) mass is 266 g/mol. The van der Waals surface area contributed by atoms with Gasteiger partial charge in [0, 0.05) is 17.0 Å². The third kappa shape index (κ3) is 3.33. The van der Waals surface area contributed by atoms with Crippen molar-refractivity contribution in [2.75, 3.05) is 0 Å². The Bertz CT molecular complexity index is 399. The zero-order valence-electron chi connectivity index (χ0n) is 12.3. The first kappa shape index (κ1) is 14.0. The number of hydrogen-bond donors (Lipinski definition) is 1. The number of hydrogen-bond acceptors (Lipinski definition) is 3. The summed E-state index contributed by atoms with van der Waals surface area (Å²) in [6.45, 7) is 11.3. The molecule has 0 aromatic carbocycles. The minimum Gasteiger partial charge on any atom is -0.306 e. The van der Waals surface area contributed by atoms with Crippen LogP contribution < -0.4 is 5.32 Å². The Labute approximate surface area is 115 Å². The van der Waals surface area contributed by atoms with E-state index >= 15 is 0 Å². The summed E-state index contributed by atoms with van der Waals surface area (Å²) in [5, 5.41) is 4.95. The molecule has 18 heavy (non-hydrogen) atoms. The lowest BCUT2D eigenvalue weighted by Gasteiger charge is -2.35. The van der Waals surface area contributed by atoms with E-state index in [1.165, 1.54) is 41.3 Å². The van der Waals surface area contributed by atoms with Crippen LogP contribution in [-0.4, -0.2) is 11.0 Å². The summed E-state index contributed by atoms with van der Waals surface area (Å²) in [7, 11) is 0. The summed E-state index contributed by atoms with van der Waals surface area (Å²) in [4.78, 5) is 6.02. The molecule has 3 heteroatoms. The molecule has 1 saturated carbocycles. The van der Waals surface area contributed by atoms with Crippen molar-refractivity contribution in [2.45, 2.75) is 72.4 Å². The maximum atomic E-state index is 4.66. The van der Waals surface area contributed by atoms with Crippen LogP contribution in [0.3, 0.4) is 0 Å². The highest BCUT2D eigenvalue weighted by Crippen LogP contribution is 2.36. The smallest absolute Gasteiger partial charge is 0.0900 e. The lowest BCUT2D eigenvalue weighted by atomic mass is 9.75. The molecule has 0 spiro atoms. The van der Waals surface area contributed by atoms with Gasteiger partial charge in [-0.25, -0.2) is 4.98 Å². The van der Waals surface area contributed by atoms with E-state index in [4.69, 9.17) is 0 Å². The fourth-order valence-corrected chi connectivity index (χ4v) is 3.86. The first-order valence-corrected chi connectivity index (χ1v) is 7.89. The van der Waals surface area contributed by atoms with Crippen LogP contribution in [0.1, 0.15) is 68.1 Å². The van der Waals surface area contributed by atoms with Crippen molar-refractivity contribution < 1.29 is 0 Å². The number of nitrogens with one attached hydrogen (secondary N) is 1. The summed E-state index contributed by atoms with van der Waals surface area (Å²) < 4.78 is 0. The van der Waals surface area contributed by atoms with Gasteiger partial charge in [-0.1, -0.05) is 13.8 Å². The molecule has 0 bridgehead atoms. The van der Waals surface area contributed by atoms with Crippen LogP contribution in [0.25, 0.3) is 0 Å². The molecule has 1 unspecified atom stereocenters. The molecular weight excluding hydrogens is 240 g/mol. The van der Waals surface area contributed by atoms with Crippen molar-refractivity contribution in [1.29, 1.82) is 0 Å². The highest BCUT2D eigenvalue weighted by molar-refractivity contribution is 7.11. The zero-order chi connectivity index (χ0) is 13.3. The van der Waals surface area contributed by atoms with Crippen molar-refractivity contribution in [1.82, 2.24) is 10.3 Å². The number of aryl methyl sites for hydroxylation is 2. The molecule has 1 aliphatic rings. The van der Waals surface area contributed by atoms with Crippen LogP contribution in [0.4, 0.5) is 0 Å². The van der Waals surface area contributed by atoms with Gasteiger partial charge in [-0.2, -0.15) is 0 Å². The zero-order valence-corrected chi connectivity index (χ0v) is 13.2. The van der Waals surface area contributed by atoms with Crippen molar-refractivity contribution >= 4 is 11.3 Å².